The highest BCUT2D eigenvalue weighted by Crippen LogP contribution is 2.21. The maximum absolute atomic E-state index is 3.67. The van der Waals surface area contributed by atoms with Crippen molar-refractivity contribution in [2.24, 2.45) is 0 Å². The lowest BCUT2D eigenvalue weighted by Gasteiger charge is -2.22. The molecule has 112 valence electrons. The van der Waals surface area contributed by atoms with Gasteiger partial charge in [0.05, 0.1) is 0 Å². The van der Waals surface area contributed by atoms with Crippen LogP contribution >= 0.6 is 0 Å². The SMILES string of the molecule is Cc1ccc(C(C)NC(C)c2ccc(N(C)C)cc2)cc1. The molecular formula is C19H26N2. The summed E-state index contributed by atoms with van der Waals surface area (Å²) in [5, 5.41) is 3.67. The van der Waals surface area contributed by atoms with Crippen molar-refractivity contribution in [2.75, 3.05) is 19.0 Å². The molecule has 0 fully saturated rings. The summed E-state index contributed by atoms with van der Waals surface area (Å²) in [7, 11) is 4.13. The van der Waals surface area contributed by atoms with Gasteiger partial charge < -0.3 is 10.2 Å². The van der Waals surface area contributed by atoms with E-state index in [-0.39, 0.29) is 0 Å². The molecule has 0 radical (unpaired) electrons. The molecule has 21 heavy (non-hydrogen) atoms. The van der Waals surface area contributed by atoms with Crippen molar-refractivity contribution in [2.45, 2.75) is 32.9 Å². The summed E-state index contributed by atoms with van der Waals surface area (Å²) in [5.74, 6) is 0. The molecule has 0 spiro atoms. The minimum Gasteiger partial charge on any atom is -0.378 e. The molecule has 2 aromatic rings. The molecule has 0 aromatic heterocycles. The van der Waals surface area contributed by atoms with Gasteiger partial charge in [0.1, 0.15) is 0 Å². The van der Waals surface area contributed by atoms with E-state index < -0.39 is 0 Å². The smallest absolute Gasteiger partial charge is 0.0361 e. The standard InChI is InChI=1S/C19H26N2/c1-14-6-8-17(9-7-14)15(2)20-16(3)18-10-12-19(13-11-18)21(4)5/h6-13,15-16,20H,1-5H3. The quantitative estimate of drug-likeness (QED) is 0.870. The van der Waals surface area contributed by atoms with Crippen molar-refractivity contribution >= 4 is 5.69 Å². The summed E-state index contributed by atoms with van der Waals surface area (Å²) in [5.41, 5.74) is 5.19. The number of anilines is 1. The van der Waals surface area contributed by atoms with E-state index in [0.29, 0.717) is 12.1 Å². The lowest BCUT2D eigenvalue weighted by Crippen LogP contribution is -2.22. The zero-order valence-electron chi connectivity index (χ0n) is 13.7. The Morgan fingerprint density at radius 1 is 0.762 bits per heavy atom. The van der Waals surface area contributed by atoms with Gasteiger partial charge in [-0.3, -0.25) is 0 Å². The maximum Gasteiger partial charge on any atom is 0.0361 e. The molecule has 0 saturated carbocycles. The average Bonchev–Trinajstić information content (AvgIpc) is 2.47. The second-order valence-electron chi connectivity index (χ2n) is 6.01. The maximum atomic E-state index is 3.67. The largest absolute Gasteiger partial charge is 0.378 e. The van der Waals surface area contributed by atoms with Crippen molar-refractivity contribution in [3.63, 3.8) is 0 Å². The van der Waals surface area contributed by atoms with Gasteiger partial charge in [0.25, 0.3) is 0 Å². The molecule has 0 bridgehead atoms. The molecule has 2 rings (SSSR count). The number of aryl methyl sites for hydroxylation is 1. The van der Waals surface area contributed by atoms with Gasteiger partial charge in [-0.15, -0.1) is 0 Å². The second kappa shape index (κ2) is 6.77. The fraction of sp³-hybridized carbons (Fsp3) is 0.368. The van der Waals surface area contributed by atoms with Crippen LogP contribution in [0.3, 0.4) is 0 Å². The van der Waals surface area contributed by atoms with Gasteiger partial charge in [-0.1, -0.05) is 42.0 Å². The highest BCUT2D eigenvalue weighted by Gasteiger charge is 2.11. The van der Waals surface area contributed by atoms with Crippen LogP contribution in [-0.4, -0.2) is 14.1 Å². The first-order valence-electron chi connectivity index (χ1n) is 7.57. The third kappa shape index (κ3) is 4.08. The fourth-order valence-corrected chi connectivity index (χ4v) is 2.48. The highest BCUT2D eigenvalue weighted by molar-refractivity contribution is 5.46. The molecule has 1 N–H and O–H groups in total. The molecule has 2 atom stereocenters. The zero-order chi connectivity index (χ0) is 15.4. The second-order valence-corrected chi connectivity index (χ2v) is 6.01. The Bertz CT molecular complexity index is 555. The van der Waals surface area contributed by atoms with Gasteiger partial charge >= 0.3 is 0 Å². The topological polar surface area (TPSA) is 15.3 Å². The fourth-order valence-electron chi connectivity index (χ4n) is 2.48. The zero-order valence-corrected chi connectivity index (χ0v) is 13.7. The van der Waals surface area contributed by atoms with Crippen LogP contribution in [0.2, 0.25) is 0 Å². The first-order chi connectivity index (χ1) is 9.97. The predicted octanol–water partition coefficient (Wildman–Crippen LogP) is 4.47. The number of benzene rings is 2. The third-order valence-electron chi connectivity index (χ3n) is 3.99. The van der Waals surface area contributed by atoms with E-state index in [0.717, 1.165) is 0 Å². The van der Waals surface area contributed by atoms with E-state index in [1.54, 1.807) is 0 Å². The van der Waals surface area contributed by atoms with Crippen LogP contribution in [0.25, 0.3) is 0 Å². The minimum absolute atomic E-state index is 0.331. The van der Waals surface area contributed by atoms with Crippen molar-refractivity contribution < 1.29 is 0 Å². The van der Waals surface area contributed by atoms with E-state index in [4.69, 9.17) is 0 Å². The lowest BCUT2D eigenvalue weighted by molar-refractivity contribution is 0.494. The van der Waals surface area contributed by atoms with Gasteiger partial charge in [0.2, 0.25) is 0 Å². The monoisotopic (exact) mass is 282 g/mol. The Hall–Kier alpha value is -1.80. The molecule has 0 aliphatic carbocycles. The van der Waals surface area contributed by atoms with Crippen molar-refractivity contribution in [3.8, 4) is 0 Å². The van der Waals surface area contributed by atoms with Crippen molar-refractivity contribution in [3.05, 3.63) is 65.2 Å². The Kier molecular flexibility index (Phi) is 5.03. The first-order valence-corrected chi connectivity index (χ1v) is 7.57. The minimum atomic E-state index is 0.331. The Labute approximate surface area is 128 Å². The van der Waals surface area contributed by atoms with Crippen molar-refractivity contribution in [1.82, 2.24) is 5.32 Å². The van der Waals surface area contributed by atoms with Gasteiger partial charge in [-0.25, -0.2) is 0 Å². The van der Waals surface area contributed by atoms with E-state index in [1.165, 1.54) is 22.4 Å². The molecule has 0 aliphatic rings. The number of hydrogen-bond acceptors (Lipinski definition) is 2. The first kappa shape index (κ1) is 15.6. The summed E-state index contributed by atoms with van der Waals surface area (Å²) >= 11 is 0. The summed E-state index contributed by atoms with van der Waals surface area (Å²) in [6, 6.07) is 18.2. The van der Waals surface area contributed by atoms with Gasteiger partial charge in [0, 0.05) is 31.9 Å². The molecule has 0 heterocycles. The van der Waals surface area contributed by atoms with Crippen LogP contribution in [0.15, 0.2) is 48.5 Å². The molecule has 0 amide bonds. The molecule has 0 saturated heterocycles. The highest BCUT2D eigenvalue weighted by atomic mass is 15.1. The summed E-state index contributed by atoms with van der Waals surface area (Å²) in [4.78, 5) is 2.12. The third-order valence-corrected chi connectivity index (χ3v) is 3.99. The molecule has 0 aliphatic heterocycles. The summed E-state index contributed by atoms with van der Waals surface area (Å²) in [6.45, 7) is 6.56. The van der Waals surface area contributed by atoms with E-state index in [9.17, 15) is 0 Å². The van der Waals surface area contributed by atoms with Crippen LogP contribution in [0.4, 0.5) is 5.69 Å². The number of nitrogens with zero attached hydrogens (tertiary/aromatic N) is 1. The average molecular weight is 282 g/mol. The van der Waals surface area contributed by atoms with Crippen LogP contribution in [0, 0.1) is 6.92 Å². The summed E-state index contributed by atoms with van der Waals surface area (Å²) in [6.07, 6.45) is 0. The Morgan fingerprint density at radius 2 is 1.19 bits per heavy atom. The van der Waals surface area contributed by atoms with E-state index >= 15 is 0 Å². The number of rotatable bonds is 5. The molecule has 2 unspecified atom stereocenters. The normalized spacial score (nSPS) is 13.8. The number of nitrogens with one attached hydrogen (secondary N) is 1. The van der Waals surface area contributed by atoms with E-state index in [2.05, 4.69) is 93.6 Å². The lowest BCUT2D eigenvalue weighted by atomic mass is 10.0. The van der Waals surface area contributed by atoms with Crippen molar-refractivity contribution in [1.29, 1.82) is 0 Å². The van der Waals surface area contributed by atoms with Gasteiger partial charge in [-0.2, -0.15) is 0 Å². The van der Waals surface area contributed by atoms with Crippen LogP contribution in [-0.2, 0) is 0 Å². The van der Waals surface area contributed by atoms with Gasteiger partial charge in [0.15, 0.2) is 0 Å². The Morgan fingerprint density at radius 3 is 1.62 bits per heavy atom. The van der Waals surface area contributed by atoms with Crippen LogP contribution in [0.1, 0.15) is 42.6 Å². The predicted molar refractivity (Wildman–Crippen MR) is 91.9 cm³/mol. The molecule has 2 nitrogen and oxygen atoms in total. The molecule has 2 heteroatoms. The van der Waals surface area contributed by atoms with E-state index in [1.807, 2.05) is 0 Å². The van der Waals surface area contributed by atoms with Crippen LogP contribution < -0.4 is 10.2 Å². The van der Waals surface area contributed by atoms with Gasteiger partial charge in [-0.05, 0) is 44.0 Å². The van der Waals surface area contributed by atoms with Crippen LogP contribution in [0.5, 0.6) is 0 Å². The number of hydrogen-bond donors (Lipinski definition) is 1. The molecular weight excluding hydrogens is 256 g/mol. The summed E-state index contributed by atoms with van der Waals surface area (Å²) < 4.78 is 0. The Balaban J connectivity index is 2.03. The molecule has 2 aromatic carbocycles.